The summed E-state index contributed by atoms with van der Waals surface area (Å²) < 4.78 is 0. The number of nitrogens with one attached hydrogen (secondary N) is 1. The van der Waals surface area contributed by atoms with Gasteiger partial charge in [0.1, 0.15) is 11.5 Å². The maximum atomic E-state index is 12.7. The van der Waals surface area contributed by atoms with Crippen molar-refractivity contribution in [1.29, 1.82) is 0 Å². The van der Waals surface area contributed by atoms with Crippen molar-refractivity contribution in [3.05, 3.63) is 119 Å². The van der Waals surface area contributed by atoms with Crippen LogP contribution in [0.15, 0.2) is 91.4 Å². The predicted molar refractivity (Wildman–Crippen MR) is 113 cm³/mol. The normalized spacial score (nSPS) is 10.7. The van der Waals surface area contributed by atoms with Crippen LogP contribution in [0.25, 0.3) is 0 Å². The molecule has 0 radical (unpaired) electrons. The van der Waals surface area contributed by atoms with Crippen molar-refractivity contribution >= 4 is 23.3 Å². The lowest BCUT2D eigenvalue weighted by atomic mass is 9.89. The Morgan fingerprint density at radius 1 is 0.828 bits per heavy atom. The molecule has 1 N–H and O–H groups in total. The van der Waals surface area contributed by atoms with E-state index in [0.29, 0.717) is 16.5 Å². The van der Waals surface area contributed by atoms with Gasteiger partial charge in [0.05, 0.1) is 22.8 Å². The van der Waals surface area contributed by atoms with E-state index in [9.17, 15) is 4.79 Å². The highest BCUT2D eigenvalue weighted by molar-refractivity contribution is 6.30. The molecule has 0 aliphatic carbocycles. The van der Waals surface area contributed by atoms with Crippen molar-refractivity contribution in [3.63, 3.8) is 0 Å². The van der Waals surface area contributed by atoms with Crippen LogP contribution in [0.4, 0.5) is 5.82 Å². The van der Waals surface area contributed by atoms with Crippen LogP contribution >= 0.6 is 11.6 Å². The zero-order chi connectivity index (χ0) is 20.1. The van der Waals surface area contributed by atoms with E-state index in [1.807, 2.05) is 60.7 Å². The van der Waals surface area contributed by atoms with Gasteiger partial charge >= 0.3 is 0 Å². The third kappa shape index (κ3) is 4.47. The molecule has 4 rings (SSSR count). The number of amides is 1. The summed E-state index contributed by atoms with van der Waals surface area (Å²) in [7, 11) is 0. The molecule has 142 valence electrons. The second kappa shape index (κ2) is 8.63. The molecule has 29 heavy (non-hydrogen) atoms. The average Bonchev–Trinajstić information content (AvgIpc) is 2.77. The largest absolute Gasteiger partial charge is 0.305 e. The summed E-state index contributed by atoms with van der Waals surface area (Å²) in [5, 5.41) is 3.22. The van der Waals surface area contributed by atoms with Crippen LogP contribution in [0, 0.1) is 0 Å². The van der Waals surface area contributed by atoms with Crippen molar-refractivity contribution in [2.75, 3.05) is 5.32 Å². The second-order valence-electron chi connectivity index (χ2n) is 6.40. The molecular weight excluding hydrogens is 384 g/mol. The number of halogens is 1. The van der Waals surface area contributed by atoms with Gasteiger partial charge in [-0.1, -0.05) is 72.3 Å². The fourth-order valence-corrected chi connectivity index (χ4v) is 3.20. The molecule has 0 saturated heterocycles. The number of pyridine rings is 1. The van der Waals surface area contributed by atoms with Gasteiger partial charge in [-0.15, -0.1) is 0 Å². The molecule has 0 saturated carbocycles. The molecule has 4 aromatic rings. The Morgan fingerprint density at radius 2 is 1.48 bits per heavy atom. The van der Waals surface area contributed by atoms with E-state index in [1.54, 1.807) is 18.3 Å². The van der Waals surface area contributed by atoms with Crippen LogP contribution in [0.2, 0.25) is 5.02 Å². The molecule has 2 aromatic carbocycles. The van der Waals surface area contributed by atoms with Gasteiger partial charge in [-0.3, -0.25) is 9.78 Å². The fraction of sp³-hybridized carbons (Fsp3) is 0.0435. The average molecular weight is 401 g/mol. The van der Waals surface area contributed by atoms with E-state index in [4.69, 9.17) is 11.6 Å². The minimum Gasteiger partial charge on any atom is -0.305 e. The Bertz CT molecular complexity index is 1060. The van der Waals surface area contributed by atoms with Crippen molar-refractivity contribution < 1.29 is 4.79 Å². The number of carbonyl (C=O) groups excluding carboxylic acids is 1. The number of carbonyl (C=O) groups is 1. The van der Waals surface area contributed by atoms with Gasteiger partial charge in [0, 0.05) is 12.4 Å². The van der Waals surface area contributed by atoms with Crippen LogP contribution in [0.1, 0.15) is 33.2 Å². The molecule has 0 spiro atoms. The zero-order valence-electron chi connectivity index (χ0n) is 15.4. The van der Waals surface area contributed by atoms with Crippen LogP contribution in [0.3, 0.4) is 0 Å². The molecule has 0 atom stereocenters. The number of nitrogens with zero attached hydrogens (tertiary/aromatic N) is 3. The SMILES string of the molecule is O=C(Nc1ccc(Cl)cn1)c1cncc(C(c2ccccc2)c2ccccc2)n1. The topological polar surface area (TPSA) is 67.8 Å². The molecule has 2 aromatic heterocycles. The predicted octanol–water partition coefficient (Wildman–Crippen LogP) is 4.96. The van der Waals surface area contributed by atoms with E-state index in [1.165, 1.54) is 12.4 Å². The molecule has 5 nitrogen and oxygen atoms in total. The third-order valence-corrected chi connectivity index (χ3v) is 4.64. The summed E-state index contributed by atoms with van der Waals surface area (Å²) in [6.07, 6.45) is 4.61. The van der Waals surface area contributed by atoms with Crippen molar-refractivity contribution in [2.45, 2.75) is 5.92 Å². The summed E-state index contributed by atoms with van der Waals surface area (Å²) in [4.78, 5) is 25.6. The minimum absolute atomic E-state index is 0.133. The highest BCUT2D eigenvalue weighted by Gasteiger charge is 2.20. The summed E-state index contributed by atoms with van der Waals surface area (Å²) in [6.45, 7) is 0. The van der Waals surface area contributed by atoms with E-state index in [-0.39, 0.29) is 17.5 Å². The van der Waals surface area contributed by atoms with Gasteiger partial charge in [0.25, 0.3) is 5.91 Å². The molecule has 0 bridgehead atoms. The zero-order valence-corrected chi connectivity index (χ0v) is 16.1. The first-order valence-electron chi connectivity index (χ1n) is 9.05. The summed E-state index contributed by atoms with van der Waals surface area (Å²) >= 11 is 5.84. The molecule has 6 heteroatoms. The molecule has 0 fully saturated rings. The van der Waals surface area contributed by atoms with Crippen LogP contribution in [0.5, 0.6) is 0 Å². The van der Waals surface area contributed by atoms with Gasteiger partial charge in [0.2, 0.25) is 0 Å². The molecule has 1 amide bonds. The first-order chi connectivity index (χ1) is 14.2. The second-order valence-corrected chi connectivity index (χ2v) is 6.84. The van der Waals surface area contributed by atoms with Gasteiger partial charge in [-0.05, 0) is 23.3 Å². The molecular formula is C23H17ClN4O. The summed E-state index contributed by atoms with van der Waals surface area (Å²) in [6, 6.07) is 23.4. The molecule has 0 aliphatic heterocycles. The number of aromatic nitrogens is 3. The highest BCUT2D eigenvalue weighted by Crippen LogP contribution is 2.30. The van der Waals surface area contributed by atoms with Crippen molar-refractivity contribution in [2.24, 2.45) is 0 Å². The number of benzene rings is 2. The van der Waals surface area contributed by atoms with E-state index in [2.05, 4.69) is 20.3 Å². The fourth-order valence-electron chi connectivity index (χ4n) is 3.08. The Labute approximate surface area is 173 Å². The van der Waals surface area contributed by atoms with Gasteiger partial charge < -0.3 is 5.32 Å². The minimum atomic E-state index is -0.381. The lowest BCUT2D eigenvalue weighted by molar-refractivity contribution is 0.102. The Morgan fingerprint density at radius 3 is 2.07 bits per heavy atom. The van der Waals surface area contributed by atoms with Gasteiger partial charge in [-0.2, -0.15) is 0 Å². The summed E-state index contributed by atoms with van der Waals surface area (Å²) in [5.41, 5.74) is 3.06. The van der Waals surface area contributed by atoms with Crippen molar-refractivity contribution in [3.8, 4) is 0 Å². The van der Waals surface area contributed by atoms with E-state index in [0.717, 1.165) is 11.1 Å². The quantitative estimate of drug-likeness (QED) is 0.514. The number of anilines is 1. The van der Waals surface area contributed by atoms with Crippen LogP contribution in [-0.2, 0) is 0 Å². The smallest absolute Gasteiger partial charge is 0.277 e. The van der Waals surface area contributed by atoms with E-state index < -0.39 is 0 Å². The number of hydrogen-bond donors (Lipinski definition) is 1. The first kappa shape index (κ1) is 18.8. The Balaban J connectivity index is 1.68. The number of hydrogen-bond acceptors (Lipinski definition) is 4. The lowest BCUT2D eigenvalue weighted by Gasteiger charge is -2.18. The van der Waals surface area contributed by atoms with E-state index >= 15 is 0 Å². The van der Waals surface area contributed by atoms with Crippen LogP contribution < -0.4 is 5.32 Å². The lowest BCUT2D eigenvalue weighted by Crippen LogP contribution is -2.17. The number of rotatable bonds is 5. The first-order valence-corrected chi connectivity index (χ1v) is 9.43. The molecule has 0 unspecified atom stereocenters. The standard InChI is InChI=1S/C23H17ClN4O/c24-18-11-12-21(26-13-18)28-23(29)20-15-25-14-19(27-20)22(16-7-3-1-4-8-16)17-9-5-2-6-10-17/h1-15,22H,(H,26,28,29). The highest BCUT2D eigenvalue weighted by atomic mass is 35.5. The van der Waals surface area contributed by atoms with Gasteiger partial charge in [-0.25, -0.2) is 9.97 Å². The molecule has 0 aliphatic rings. The summed E-state index contributed by atoms with van der Waals surface area (Å²) in [5.74, 6) is -0.116. The maximum Gasteiger partial charge on any atom is 0.277 e. The molecule has 2 heterocycles. The van der Waals surface area contributed by atoms with Crippen LogP contribution in [-0.4, -0.2) is 20.9 Å². The Kier molecular flexibility index (Phi) is 5.59. The maximum absolute atomic E-state index is 12.7. The van der Waals surface area contributed by atoms with Crippen molar-refractivity contribution in [1.82, 2.24) is 15.0 Å². The van der Waals surface area contributed by atoms with Gasteiger partial charge in [0.15, 0.2) is 0 Å². The Hall–Kier alpha value is -3.57. The monoisotopic (exact) mass is 400 g/mol. The third-order valence-electron chi connectivity index (χ3n) is 4.42.